The molecule has 0 aromatic carbocycles. The molecule has 0 heterocycles. The Morgan fingerprint density at radius 1 is 1.43 bits per heavy atom. The third-order valence-electron chi connectivity index (χ3n) is 0.134. The molecular formula is C2H2Cl3KO. The van der Waals surface area contributed by atoms with Gasteiger partial charge in [0, 0.05) is 0 Å². The van der Waals surface area contributed by atoms with Crippen LogP contribution in [0.5, 0.6) is 0 Å². The summed E-state index contributed by atoms with van der Waals surface area (Å²) in [4.78, 5) is 9.43. The van der Waals surface area contributed by atoms with E-state index in [1.807, 2.05) is 0 Å². The van der Waals surface area contributed by atoms with Gasteiger partial charge < -0.3 is 1.43 Å². The van der Waals surface area contributed by atoms with Gasteiger partial charge in [0.1, 0.15) is 0 Å². The Kier molecular flexibility index (Phi) is 8.51. The van der Waals surface area contributed by atoms with Gasteiger partial charge in [0.2, 0.25) is 3.79 Å². The third kappa shape index (κ3) is 11.6. The first-order chi connectivity index (χ1) is 2.56. The van der Waals surface area contributed by atoms with Crippen molar-refractivity contribution in [1.29, 1.82) is 0 Å². The van der Waals surface area contributed by atoms with Crippen LogP contribution >= 0.6 is 34.8 Å². The molecule has 0 saturated heterocycles. The number of rotatable bonds is 0. The molecule has 38 valence electrons. The van der Waals surface area contributed by atoms with Gasteiger partial charge in [-0.3, -0.25) is 4.79 Å². The molecule has 0 aliphatic heterocycles. The fraction of sp³-hybridized carbons (Fsp3) is 0.500. The fourth-order valence-corrected chi connectivity index (χ4v) is 0. The van der Waals surface area contributed by atoms with Crippen molar-refractivity contribution < 1.29 is 57.6 Å². The molecule has 0 aromatic rings. The monoisotopic (exact) mass is 186 g/mol. The minimum absolute atomic E-state index is 0. The van der Waals surface area contributed by atoms with Crippen molar-refractivity contribution >= 4 is 41.1 Å². The molecule has 0 rings (SSSR count). The predicted octanol–water partition coefficient (Wildman–Crippen LogP) is -1.33. The van der Waals surface area contributed by atoms with Crippen LogP contribution in [0.3, 0.4) is 0 Å². The van der Waals surface area contributed by atoms with Gasteiger partial charge in [-0.1, -0.05) is 34.8 Å². The van der Waals surface area contributed by atoms with Crippen molar-refractivity contribution in [3.05, 3.63) is 0 Å². The summed E-state index contributed by atoms with van der Waals surface area (Å²) in [5.74, 6) is 0. The summed E-state index contributed by atoms with van der Waals surface area (Å²) in [5, 5.41) is 0. The Hall–Kier alpha value is 2.18. The fourth-order valence-electron chi connectivity index (χ4n) is 0. The Balaban J connectivity index is -0.000000125. The van der Waals surface area contributed by atoms with Gasteiger partial charge >= 0.3 is 51.4 Å². The second-order valence-corrected chi connectivity index (χ2v) is 3.03. The van der Waals surface area contributed by atoms with Crippen molar-refractivity contribution in [3.8, 4) is 0 Å². The molecule has 0 spiro atoms. The van der Waals surface area contributed by atoms with E-state index in [9.17, 15) is 4.79 Å². The van der Waals surface area contributed by atoms with Crippen molar-refractivity contribution in [3.63, 3.8) is 0 Å². The Labute approximate surface area is 101 Å². The standard InChI is InChI=1S/C2HCl3O.K.H/c3-2(4,5)1-6;;/h1H;;/q;+1;-1. The van der Waals surface area contributed by atoms with E-state index in [1.54, 1.807) is 0 Å². The summed E-state index contributed by atoms with van der Waals surface area (Å²) in [6.45, 7) is 0. The van der Waals surface area contributed by atoms with E-state index in [0.717, 1.165) is 0 Å². The van der Waals surface area contributed by atoms with Gasteiger partial charge in [0.05, 0.1) is 0 Å². The van der Waals surface area contributed by atoms with Crippen LogP contribution in [0, 0.1) is 0 Å². The number of aldehydes is 1. The average molecular weight is 187 g/mol. The maximum atomic E-state index is 9.43. The van der Waals surface area contributed by atoms with E-state index in [2.05, 4.69) is 0 Å². The van der Waals surface area contributed by atoms with E-state index in [0.29, 0.717) is 0 Å². The molecule has 7 heavy (non-hydrogen) atoms. The second kappa shape index (κ2) is 5.00. The van der Waals surface area contributed by atoms with Crippen molar-refractivity contribution in [2.75, 3.05) is 0 Å². The van der Waals surface area contributed by atoms with Crippen LogP contribution < -0.4 is 51.4 Å². The first kappa shape index (κ1) is 11.9. The molecule has 0 aromatic heterocycles. The van der Waals surface area contributed by atoms with Crippen molar-refractivity contribution in [2.24, 2.45) is 0 Å². The number of alkyl halides is 3. The average Bonchev–Trinajstić information content (AvgIpc) is 1.35. The Bertz CT molecular complexity index is 62.8. The number of carbonyl (C=O) groups excluding carboxylic acids is 1. The topological polar surface area (TPSA) is 17.1 Å². The molecule has 1 nitrogen and oxygen atoms in total. The maximum absolute atomic E-state index is 9.43. The van der Waals surface area contributed by atoms with E-state index in [-0.39, 0.29) is 59.1 Å². The quantitative estimate of drug-likeness (QED) is 0.261. The molecule has 0 saturated carbocycles. The van der Waals surface area contributed by atoms with E-state index < -0.39 is 3.79 Å². The molecule has 5 heteroatoms. The summed E-state index contributed by atoms with van der Waals surface area (Å²) >= 11 is 14.6. The third-order valence-corrected chi connectivity index (χ3v) is 0.401. The smallest absolute Gasteiger partial charge is 1.00 e. The van der Waals surface area contributed by atoms with Crippen LogP contribution in [0.4, 0.5) is 0 Å². The zero-order valence-electron chi connectivity index (χ0n) is 4.62. The van der Waals surface area contributed by atoms with E-state index in [4.69, 9.17) is 34.8 Å². The molecule has 0 atom stereocenters. The molecular weight excluding hydrogens is 185 g/mol. The molecule has 0 amide bonds. The summed E-state index contributed by atoms with van der Waals surface area (Å²) in [6, 6.07) is 0. The summed E-state index contributed by atoms with van der Waals surface area (Å²) in [7, 11) is 0. The number of carbonyl (C=O) groups is 1. The Morgan fingerprint density at radius 3 is 1.57 bits per heavy atom. The van der Waals surface area contributed by atoms with E-state index >= 15 is 0 Å². The maximum Gasteiger partial charge on any atom is 1.00 e. The van der Waals surface area contributed by atoms with Gasteiger partial charge in [-0.15, -0.1) is 0 Å². The van der Waals surface area contributed by atoms with Gasteiger partial charge in [-0.2, -0.15) is 0 Å². The largest absolute Gasteiger partial charge is 1.00 e. The van der Waals surface area contributed by atoms with Gasteiger partial charge in [0.25, 0.3) is 0 Å². The number of hydrogen-bond acceptors (Lipinski definition) is 1. The van der Waals surface area contributed by atoms with E-state index in [1.165, 1.54) is 0 Å². The zero-order chi connectivity index (χ0) is 5.21. The number of halogens is 3. The summed E-state index contributed by atoms with van der Waals surface area (Å²) in [6.07, 6.45) is 0.234. The molecule has 0 aliphatic rings. The summed E-state index contributed by atoms with van der Waals surface area (Å²) < 4.78 is -1.72. The normalized spacial score (nSPS) is 9.57. The first-order valence-electron chi connectivity index (χ1n) is 1.09. The van der Waals surface area contributed by atoms with Crippen LogP contribution in [-0.4, -0.2) is 10.1 Å². The molecule has 0 unspecified atom stereocenters. The zero-order valence-corrected chi connectivity index (χ0v) is 9.01. The predicted molar refractivity (Wildman–Crippen MR) is 27.5 cm³/mol. The van der Waals surface area contributed by atoms with Gasteiger partial charge in [0.15, 0.2) is 6.29 Å². The first-order valence-corrected chi connectivity index (χ1v) is 2.23. The van der Waals surface area contributed by atoms with Crippen molar-refractivity contribution in [1.82, 2.24) is 0 Å². The molecule has 0 N–H and O–H groups in total. The minimum atomic E-state index is -1.72. The Morgan fingerprint density at radius 2 is 1.57 bits per heavy atom. The molecule has 0 bridgehead atoms. The molecule has 0 aliphatic carbocycles. The SMILES string of the molecule is O=CC(Cl)(Cl)Cl.[H-].[K+]. The van der Waals surface area contributed by atoms with Crippen LogP contribution in [0.1, 0.15) is 1.43 Å². The molecule has 0 radical (unpaired) electrons. The summed E-state index contributed by atoms with van der Waals surface area (Å²) in [5.41, 5.74) is 0. The minimum Gasteiger partial charge on any atom is -1.00 e. The van der Waals surface area contributed by atoms with Gasteiger partial charge in [-0.25, -0.2) is 0 Å². The van der Waals surface area contributed by atoms with Crippen LogP contribution in [-0.2, 0) is 4.79 Å². The van der Waals surface area contributed by atoms with Crippen LogP contribution in [0.25, 0.3) is 0 Å². The number of hydrogen-bond donors (Lipinski definition) is 0. The van der Waals surface area contributed by atoms with Crippen LogP contribution in [0.15, 0.2) is 0 Å². The van der Waals surface area contributed by atoms with Crippen LogP contribution in [0.2, 0.25) is 0 Å². The second-order valence-electron chi connectivity index (χ2n) is 0.659. The molecule has 0 fully saturated rings. The van der Waals surface area contributed by atoms with Gasteiger partial charge in [-0.05, 0) is 0 Å². The van der Waals surface area contributed by atoms with Crippen molar-refractivity contribution in [2.45, 2.75) is 3.79 Å².